The number of methoxy groups -OCH3 is 1. The Morgan fingerprint density at radius 2 is 2.30 bits per heavy atom. The van der Waals surface area contributed by atoms with Crippen LogP contribution in [0.5, 0.6) is 0 Å². The van der Waals surface area contributed by atoms with Crippen molar-refractivity contribution in [2.45, 2.75) is 18.9 Å². The molecule has 0 spiro atoms. The second kappa shape index (κ2) is 6.04. The number of amides is 1. The van der Waals surface area contributed by atoms with Gasteiger partial charge in [0.05, 0.1) is 19.2 Å². The summed E-state index contributed by atoms with van der Waals surface area (Å²) in [6, 6.07) is -0.636. The monoisotopic (exact) mass is 280 g/mol. The molecule has 7 nitrogen and oxygen atoms in total. The lowest BCUT2D eigenvalue weighted by Crippen LogP contribution is -2.43. The fourth-order valence-electron chi connectivity index (χ4n) is 2.49. The van der Waals surface area contributed by atoms with Crippen molar-refractivity contribution in [3.05, 3.63) is 18.0 Å². The highest BCUT2D eigenvalue weighted by Crippen LogP contribution is 2.27. The van der Waals surface area contributed by atoms with Crippen molar-refractivity contribution in [1.82, 2.24) is 20.4 Å². The predicted octanol–water partition coefficient (Wildman–Crippen LogP) is -0.599. The average molecular weight is 280 g/mol. The van der Waals surface area contributed by atoms with Crippen molar-refractivity contribution < 1.29 is 14.3 Å². The second-order valence-electron chi connectivity index (χ2n) is 5.07. The minimum absolute atomic E-state index is 0.0774. The van der Waals surface area contributed by atoms with Gasteiger partial charge in [-0.25, -0.2) is 4.79 Å². The van der Waals surface area contributed by atoms with Gasteiger partial charge in [0.25, 0.3) is 0 Å². The molecule has 1 aliphatic heterocycles. The number of nitrogens with one attached hydrogen (secondary N) is 2. The summed E-state index contributed by atoms with van der Waals surface area (Å²) in [6.07, 6.45) is 3.70. The number of hydrogen-bond donors (Lipinski definition) is 2. The van der Waals surface area contributed by atoms with Crippen LogP contribution in [0.25, 0.3) is 0 Å². The van der Waals surface area contributed by atoms with E-state index in [1.807, 2.05) is 13.2 Å². The average Bonchev–Trinajstić information content (AvgIpc) is 3.05. The third kappa shape index (κ3) is 2.98. The van der Waals surface area contributed by atoms with E-state index in [9.17, 15) is 9.59 Å². The van der Waals surface area contributed by atoms with E-state index in [0.29, 0.717) is 6.54 Å². The lowest BCUT2D eigenvalue weighted by atomic mass is 9.90. The van der Waals surface area contributed by atoms with Crippen LogP contribution in [0.4, 0.5) is 0 Å². The van der Waals surface area contributed by atoms with Gasteiger partial charge in [0, 0.05) is 32.3 Å². The molecule has 3 atom stereocenters. The molecule has 20 heavy (non-hydrogen) atoms. The van der Waals surface area contributed by atoms with Crippen LogP contribution in [-0.2, 0) is 21.4 Å². The molecule has 1 aromatic heterocycles. The van der Waals surface area contributed by atoms with Gasteiger partial charge < -0.3 is 15.4 Å². The topological polar surface area (TPSA) is 85.2 Å². The summed E-state index contributed by atoms with van der Waals surface area (Å²) < 4.78 is 6.33. The Hall–Kier alpha value is -1.89. The van der Waals surface area contributed by atoms with Gasteiger partial charge in [-0.3, -0.25) is 9.48 Å². The highest BCUT2D eigenvalue weighted by Gasteiger charge is 2.35. The number of nitrogens with zero attached hydrogens (tertiary/aromatic N) is 2. The van der Waals surface area contributed by atoms with E-state index < -0.39 is 12.0 Å². The van der Waals surface area contributed by atoms with E-state index in [4.69, 9.17) is 0 Å². The van der Waals surface area contributed by atoms with Crippen LogP contribution in [-0.4, -0.2) is 47.9 Å². The first kappa shape index (κ1) is 14.5. The molecule has 0 aliphatic carbocycles. The van der Waals surface area contributed by atoms with Crippen LogP contribution in [0.3, 0.4) is 0 Å². The van der Waals surface area contributed by atoms with E-state index in [2.05, 4.69) is 20.5 Å². The van der Waals surface area contributed by atoms with Crippen LogP contribution in [0, 0.1) is 5.92 Å². The van der Waals surface area contributed by atoms with Crippen LogP contribution >= 0.6 is 0 Å². The van der Waals surface area contributed by atoms with E-state index in [1.165, 1.54) is 7.11 Å². The van der Waals surface area contributed by atoms with Gasteiger partial charge in [0.15, 0.2) is 0 Å². The maximum Gasteiger partial charge on any atom is 0.328 e. The van der Waals surface area contributed by atoms with Gasteiger partial charge in [-0.1, -0.05) is 0 Å². The van der Waals surface area contributed by atoms with Gasteiger partial charge in [-0.05, 0) is 12.5 Å². The standard InChI is InChI=1S/C13H20N4O3/c1-8(13(19)20-3)16-12(18)11-6-14-5-10(11)9-4-15-17(2)7-9/h4,7-8,10-11,14H,5-6H2,1-3H3,(H,16,18)/t8-,10-,11+/m1/s1. The van der Waals surface area contributed by atoms with E-state index in [0.717, 1.165) is 12.1 Å². The van der Waals surface area contributed by atoms with Crippen molar-refractivity contribution in [3.63, 3.8) is 0 Å². The minimum Gasteiger partial charge on any atom is -0.467 e. The third-order valence-corrected chi connectivity index (χ3v) is 3.62. The molecule has 1 saturated heterocycles. The molecule has 110 valence electrons. The zero-order chi connectivity index (χ0) is 14.7. The molecule has 0 radical (unpaired) electrons. The number of aromatic nitrogens is 2. The molecule has 1 amide bonds. The van der Waals surface area contributed by atoms with Gasteiger partial charge in [0.1, 0.15) is 6.04 Å². The summed E-state index contributed by atoms with van der Waals surface area (Å²) >= 11 is 0. The molecular formula is C13H20N4O3. The lowest BCUT2D eigenvalue weighted by molar-refractivity contribution is -0.145. The highest BCUT2D eigenvalue weighted by molar-refractivity contribution is 5.86. The van der Waals surface area contributed by atoms with Gasteiger partial charge >= 0.3 is 5.97 Å². The first-order valence-corrected chi connectivity index (χ1v) is 6.60. The highest BCUT2D eigenvalue weighted by atomic mass is 16.5. The van der Waals surface area contributed by atoms with Crippen molar-refractivity contribution in [2.75, 3.05) is 20.2 Å². The van der Waals surface area contributed by atoms with Gasteiger partial charge in [0.2, 0.25) is 5.91 Å². The van der Waals surface area contributed by atoms with Crippen molar-refractivity contribution in [2.24, 2.45) is 13.0 Å². The Morgan fingerprint density at radius 1 is 1.55 bits per heavy atom. The quantitative estimate of drug-likeness (QED) is 0.719. The molecule has 0 bridgehead atoms. The van der Waals surface area contributed by atoms with Crippen LogP contribution in [0.1, 0.15) is 18.4 Å². The summed E-state index contributed by atoms with van der Waals surface area (Å²) in [7, 11) is 3.15. The molecular weight excluding hydrogens is 260 g/mol. The van der Waals surface area contributed by atoms with Crippen molar-refractivity contribution in [1.29, 1.82) is 0 Å². The molecule has 1 aliphatic rings. The van der Waals surface area contributed by atoms with E-state index >= 15 is 0 Å². The molecule has 2 heterocycles. The Bertz CT molecular complexity index is 500. The van der Waals surface area contributed by atoms with Crippen LogP contribution < -0.4 is 10.6 Å². The van der Waals surface area contributed by atoms with Gasteiger partial charge in [-0.2, -0.15) is 5.10 Å². The number of rotatable bonds is 4. The molecule has 1 fully saturated rings. The molecule has 0 aromatic carbocycles. The SMILES string of the molecule is COC(=O)[C@@H](C)NC(=O)[C@H]1CNC[C@@H]1c1cnn(C)c1. The van der Waals surface area contributed by atoms with Crippen LogP contribution in [0.15, 0.2) is 12.4 Å². The predicted molar refractivity (Wildman–Crippen MR) is 71.9 cm³/mol. The Labute approximate surface area is 117 Å². The fraction of sp³-hybridized carbons (Fsp3) is 0.615. The van der Waals surface area contributed by atoms with Crippen molar-refractivity contribution in [3.8, 4) is 0 Å². The third-order valence-electron chi connectivity index (χ3n) is 3.62. The van der Waals surface area contributed by atoms with Crippen LogP contribution in [0.2, 0.25) is 0 Å². The molecule has 0 unspecified atom stereocenters. The fourth-order valence-corrected chi connectivity index (χ4v) is 2.49. The first-order valence-electron chi connectivity index (χ1n) is 6.60. The first-order chi connectivity index (χ1) is 9.52. The Kier molecular flexibility index (Phi) is 4.39. The lowest BCUT2D eigenvalue weighted by Gasteiger charge is -2.19. The number of ether oxygens (including phenoxy) is 1. The number of hydrogen-bond acceptors (Lipinski definition) is 5. The zero-order valence-electron chi connectivity index (χ0n) is 11.9. The largest absolute Gasteiger partial charge is 0.467 e. The van der Waals surface area contributed by atoms with Gasteiger partial charge in [-0.15, -0.1) is 0 Å². The molecule has 7 heteroatoms. The number of carbonyl (C=O) groups is 2. The Balaban J connectivity index is 2.03. The summed E-state index contributed by atoms with van der Waals surface area (Å²) in [5, 5.41) is 10.1. The Morgan fingerprint density at radius 3 is 2.90 bits per heavy atom. The summed E-state index contributed by atoms with van der Waals surface area (Å²) in [5.41, 5.74) is 1.03. The number of esters is 1. The summed E-state index contributed by atoms with van der Waals surface area (Å²) in [5.74, 6) is -0.705. The maximum atomic E-state index is 12.3. The minimum atomic E-state index is -0.636. The van der Waals surface area contributed by atoms with Crippen molar-refractivity contribution >= 4 is 11.9 Å². The molecule has 0 saturated carbocycles. The summed E-state index contributed by atoms with van der Waals surface area (Å²) in [4.78, 5) is 23.6. The molecule has 1 aromatic rings. The van der Waals surface area contributed by atoms with E-state index in [-0.39, 0.29) is 17.7 Å². The zero-order valence-corrected chi connectivity index (χ0v) is 11.9. The number of carbonyl (C=O) groups excluding carboxylic acids is 2. The maximum absolute atomic E-state index is 12.3. The molecule has 2 rings (SSSR count). The van der Waals surface area contributed by atoms with E-state index in [1.54, 1.807) is 17.8 Å². The summed E-state index contributed by atoms with van der Waals surface area (Å²) in [6.45, 7) is 2.95. The smallest absolute Gasteiger partial charge is 0.328 e. The molecule has 2 N–H and O–H groups in total. The second-order valence-corrected chi connectivity index (χ2v) is 5.07. The number of aryl methyl sites for hydroxylation is 1. The normalized spacial score (nSPS) is 23.4.